The lowest BCUT2D eigenvalue weighted by Gasteiger charge is -2.14. The molecular formula is C15H12Cl2N2O3. The zero-order chi connectivity index (χ0) is 15.9. The van der Waals surface area contributed by atoms with Gasteiger partial charge in [-0.15, -0.1) is 0 Å². The van der Waals surface area contributed by atoms with Crippen molar-refractivity contribution in [3.05, 3.63) is 51.8 Å². The van der Waals surface area contributed by atoms with Crippen LogP contribution in [-0.4, -0.2) is 18.9 Å². The van der Waals surface area contributed by atoms with Crippen molar-refractivity contribution in [1.82, 2.24) is 4.98 Å². The molecule has 1 aromatic carbocycles. The Kier molecular flexibility index (Phi) is 5.84. The molecule has 0 fully saturated rings. The molecule has 22 heavy (non-hydrogen) atoms. The molecule has 5 nitrogen and oxygen atoms in total. The number of pyridine rings is 1. The van der Waals surface area contributed by atoms with Gasteiger partial charge in [0.15, 0.2) is 6.79 Å². The van der Waals surface area contributed by atoms with Crippen molar-refractivity contribution < 1.29 is 14.2 Å². The van der Waals surface area contributed by atoms with Gasteiger partial charge in [-0.2, -0.15) is 5.26 Å². The summed E-state index contributed by atoms with van der Waals surface area (Å²) in [6.45, 7) is 0.250. The Morgan fingerprint density at radius 2 is 2.05 bits per heavy atom. The molecule has 0 aliphatic heterocycles. The first-order chi connectivity index (χ1) is 10.6. The van der Waals surface area contributed by atoms with Crippen LogP contribution in [0, 0.1) is 11.3 Å². The highest BCUT2D eigenvalue weighted by Crippen LogP contribution is 2.33. The lowest BCUT2D eigenvalue weighted by molar-refractivity contribution is 0.0497. The van der Waals surface area contributed by atoms with E-state index in [1.807, 2.05) is 6.07 Å². The molecule has 7 heteroatoms. The monoisotopic (exact) mass is 338 g/mol. The summed E-state index contributed by atoms with van der Waals surface area (Å²) < 4.78 is 15.9. The van der Waals surface area contributed by atoms with Gasteiger partial charge < -0.3 is 14.2 Å². The van der Waals surface area contributed by atoms with Gasteiger partial charge in [0.05, 0.1) is 11.2 Å². The first-order valence-corrected chi connectivity index (χ1v) is 6.98. The third-order valence-corrected chi connectivity index (χ3v) is 3.15. The summed E-state index contributed by atoms with van der Waals surface area (Å²) in [5, 5.41) is 9.56. The number of benzene rings is 1. The van der Waals surface area contributed by atoms with Crippen LogP contribution in [0.1, 0.15) is 11.3 Å². The third kappa shape index (κ3) is 4.25. The summed E-state index contributed by atoms with van der Waals surface area (Å²) in [5.74, 6) is 0.974. The zero-order valence-electron chi connectivity index (χ0n) is 11.7. The van der Waals surface area contributed by atoms with Crippen molar-refractivity contribution in [3.63, 3.8) is 0 Å². The van der Waals surface area contributed by atoms with Gasteiger partial charge in [-0.1, -0.05) is 23.2 Å². The third-order valence-electron chi connectivity index (χ3n) is 2.65. The maximum atomic E-state index is 8.71. The van der Waals surface area contributed by atoms with E-state index < -0.39 is 0 Å². The average molecular weight is 339 g/mol. The molecule has 0 atom stereocenters. The van der Waals surface area contributed by atoms with E-state index in [4.69, 9.17) is 42.7 Å². The van der Waals surface area contributed by atoms with Crippen LogP contribution >= 0.6 is 23.2 Å². The summed E-state index contributed by atoms with van der Waals surface area (Å²) in [5.41, 5.74) is 1.00. The molecule has 0 spiro atoms. The highest BCUT2D eigenvalue weighted by molar-refractivity contribution is 6.35. The van der Waals surface area contributed by atoms with E-state index in [0.717, 1.165) is 0 Å². The SMILES string of the molecule is COCOc1c(Cl)cc(Cl)cc1COc1ccc(C#N)nc1. The number of hydrogen-bond donors (Lipinski definition) is 0. The van der Waals surface area contributed by atoms with Crippen molar-refractivity contribution in [2.24, 2.45) is 0 Å². The Balaban J connectivity index is 2.15. The number of rotatable bonds is 6. The molecule has 0 bridgehead atoms. The molecule has 0 saturated heterocycles. The number of nitriles is 1. The Labute approximate surface area is 138 Å². The van der Waals surface area contributed by atoms with Gasteiger partial charge in [-0.3, -0.25) is 0 Å². The number of ether oxygens (including phenoxy) is 3. The Morgan fingerprint density at radius 3 is 2.68 bits per heavy atom. The molecule has 0 aliphatic rings. The highest BCUT2D eigenvalue weighted by Gasteiger charge is 2.12. The van der Waals surface area contributed by atoms with E-state index in [2.05, 4.69) is 4.98 Å². The Hall–Kier alpha value is -2.00. The second-order valence-electron chi connectivity index (χ2n) is 4.21. The quantitative estimate of drug-likeness (QED) is 0.749. The molecule has 0 amide bonds. The molecule has 1 aromatic heterocycles. The van der Waals surface area contributed by atoms with E-state index in [1.54, 1.807) is 24.3 Å². The van der Waals surface area contributed by atoms with Gasteiger partial charge in [0, 0.05) is 17.7 Å². The predicted molar refractivity (Wildman–Crippen MR) is 82.3 cm³/mol. The minimum Gasteiger partial charge on any atom is -0.487 e. The van der Waals surface area contributed by atoms with E-state index in [-0.39, 0.29) is 13.4 Å². The summed E-state index contributed by atoms with van der Waals surface area (Å²) >= 11 is 12.1. The zero-order valence-corrected chi connectivity index (χ0v) is 13.2. The number of halogens is 2. The normalized spacial score (nSPS) is 10.1. The van der Waals surface area contributed by atoms with Crippen molar-refractivity contribution in [3.8, 4) is 17.6 Å². The van der Waals surface area contributed by atoms with Gasteiger partial charge in [0.2, 0.25) is 0 Å². The second-order valence-corrected chi connectivity index (χ2v) is 5.05. The molecule has 2 aromatic rings. The molecule has 2 rings (SSSR count). The van der Waals surface area contributed by atoms with Gasteiger partial charge in [-0.05, 0) is 24.3 Å². The minimum absolute atomic E-state index is 0.0623. The van der Waals surface area contributed by atoms with Crippen molar-refractivity contribution in [2.75, 3.05) is 13.9 Å². The maximum Gasteiger partial charge on any atom is 0.188 e. The smallest absolute Gasteiger partial charge is 0.188 e. The Bertz CT molecular complexity index is 684. The van der Waals surface area contributed by atoms with Crippen LogP contribution in [0.5, 0.6) is 11.5 Å². The summed E-state index contributed by atoms with van der Waals surface area (Å²) in [7, 11) is 1.52. The van der Waals surface area contributed by atoms with Gasteiger partial charge in [0.25, 0.3) is 0 Å². The molecule has 114 valence electrons. The topological polar surface area (TPSA) is 64.4 Å². The van der Waals surface area contributed by atoms with Crippen molar-refractivity contribution in [2.45, 2.75) is 6.61 Å². The largest absolute Gasteiger partial charge is 0.487 e. The van der Waals surface area contributed by atoms with Crippen molar-refractivity contribution in [1.29, 1.82) is 5.26 Å². The summed E-state index contributed by atoms with van der Waals surface area (Å²) in [6, 6.07) is 8.46. The fourth-order valence-electron chi connectivity index (χ4n) is 1.69. The van der Waals surface area contributed by atoms with E-state index >= 15 is 0 Å². The van der Waals surface area contributed by atoms with Crippen LogP contribution in [0.3, 0.4) is 0 Å². The molecule has 0 saturated carbocycles. The number of nitrogens with zero attached hydrogens (tertiary/aromatic N) is 2. The van der Waals surface area contributed by atoms with Crippen LogP contribution in [0.25, 0.3) is 0 Å². The maximum absolute atomic E-state index is 8.71. The van der Waals surface area contributed by atoms with Crippen molar-refractivity contribution >= 4 is 23.2 Å². The summed E-state index contributed by atoms with van der Waals surface area (Å²) in [6.07, 6.45) is 1.47. The lowest BCUT2D eigenvalue weighted by Crippen LogP contribution is -2.05. The van der Waals surface area contributed by atoms with Gasteiger partial charge in [-0.25, -0.2) is 4.98 Å². The van der Waals surface area contributed by atoms with E-state index in [0.29, 0.717) is 32.8 Å². The lowest BCUT2D eigenvalue weighted by atomic mass is 10.2. The molecular weight excluding hydrogens is 327 g/mol. The first-order valence-electron chi connectivity index (χ1n) is 6.22. The highest BCUT2D eigenvalue weighted by atomic mass is 35.5. The van der Waals surface area contributed by atoms with Crippen LogP contribution in [0.15, 0.2) is 30.5 Å². The first kappa shape index (κ1) is 16.4. The number of methoxy groups -OCH3 is 1. The van der Waals surface area contributed by atoms with E-state index in [1.165, 1.54) is 13.3 Å². The predicted octanol–water partition coefficient (Wildman–Crippen LogP) is 3.82. The standard InChI is InChI=1S/C15H12Cl2N2O3/c1-20-9-22-15-10(4-11(16)5-14(15)17)8-21-13-3-2-12(6-18)19-7-13/h2-5,7H,8-9H2,1H3. The fourth-order valence-corrected chi connectivity index (χ4v) is 2.28. The van der Waals surface area contributed by atoms with Gasteiger partial charge >= 0.3 is 0 Å². The molecule has 0 N–H and O–H groups in total. The van der Waals surface area contributed by atoms with Crippen LogP contribution in [-0.2, 0) is 11.3 Å². The van der Waals surface area contributed by atoms with Crippen LogP contribution in [0.2, 0.25) is 10.0 Å². The summed E-state index contributed by atoms with van der Waals surface area (Å²) in [4.78, 5) is 3.93. The second kappa shape index (κ2) is 7.85. The fraction of sp³-hybridized carbons (Fsp3) is 0.200. The molecule has 0 aliphatic carbocycles. The molecule has 0 unspecified atom stereocenters. The Morgan fingerprint density at radius 1 is 1.23 bits per heavy atom. The number of hydrogen-bond acceptors (Lipinski definition) is 5. The van der Waals surface area contributed by atoms with Crippen LogP contribution < -0.4 is 9.47 Å². The molecule has 0 radical (unpaired) electrons. The minimum atomic E-state index is 0.0623. The van der Waals surface area contributed by atoms with Gasteiger partial charge in [0.1, 0.15) is 29.9 Å². The van der Waals surface area contributed by atoms with E-state index in [9.17, 15) is 0 Å². The van der Waals surface area contributed by atoms with Crippen LogP contribution in [0.4, 0.5) is 0 Å². The number of aromatic nitrogens is 1. The average Bonchev–Trinajstić information content (AvgIpc) is 2.52. The molecule has 1 heterocycles.